The van der Waals surface area contributed by atoms with Crippen LogP contribution in [0.2, 0.25) is 0 Å². The summed E-state index contributed by atoms with van der Waals surface area (Å²) in [6.07, 6.45) is -1.71. The van der Waals surface area contributed by atoms with Gasteiger partial charge in [-0.3, -0.25) is 9.80 Å². The molecule has 9 heteroatoms. The van der Waals surface area contributed by atoms with Gasteiger partial charge in [0.05, 0.1) is 35.0 Å². The lowest BCUT2D eigenvalue weighted by Crippen LogP contribution is -2.40. The molecule has 1 heterocycles. The van der Waals surface area contributed by atoms with Crippen LogP contribution in [0.25, 0.3) is 0 Å². The Morgan fingerprint density at radius 2 is 1.61 bits per heavy atom. The average molecular weight is 432 g/mol. The van der Waals surface area contributed by atoms with Gasteiger partial charge in [-0.05, 0) is 49.2 Å². The van der Waals surface area contributed by atoms with Crippen molar-refractivity contribution in [1.29, 1.82) is 5.26 Å². The fraction of sp³-hybridized carbons (Fsp3) is 0.364. The Morgan fingerprint density at radius 3 is 2.13 bits per heavy atom. The summed E-state index contributed by atoms with van der Waals surface area (Å²) in [6, 6.07) is 8.19. The van der Waals surface area contributed by atoms with Crippen molar-refractivity contribution in [2.75, 3.05) is 22.2 Å². The van der Waals surface area contributed by atoms with E-state index in [0.717, 1.165) is 25.0 Å². The highest BCUT2D eigenvalue weighted by molar-refractivity contribution is 6.07. The van der Waals surface area contributed by atoms with Gasteiger partial charge >= 0.3 is 12.2 Å². The second kappa shape index (κ2) is 7.76. The number of rotatable bonds is 3. The van der Waals surface area contributed by atoms with Crippen molar-refractivity contribution in [2.24, 2.45) is 0 Å². The standard InChI is InChI=1S/C22H20F4N4O/c1-28-18-9-8-15(11-17(18)23)30-20-5-3-2-4-19(20)29(21(30)31)14-7-6-13(12-27)16(10-14)22(24,25)26/h6-11,19-20,28H,2-5H2,1H3/t19-,20-/m0/s1. The highest BCUT2D eigenvalue weighted by Crippen LogP contribution is 2.42. The van der Waals surface area contributed by atoms with Crippen LogP contribution >= 0.6 is 0 Å². The van der Waals surface area contributed by atoms with Crippen molar-refractivity contribution in [3.63, 3.8) is 0 Å². The van der Waals surface area contributed by atoms with Crippen LogP contribution in [-0.4, -0.2) is 25.2 Å². The number of carbonyl (C=O) groups excluding carboxylic acids is 1. The zero-order valence-electron chi connectivity index (χ0n) is 16.7. The normalized spacial score (nSPS) is 21.1. The number of benzene rings is 2. The Morgan fingerprint density at radius 1 is 1.03 bits per heavy atom. The summed E-state index contributed by atoms with van der Waals surface area (Å²) in [6.45, 7) is 0. The molecule has 1 saturated carbocycles. The van der Waals surface area contributed by atoms with E-state index in [1.165, 1.54) is 28.0 Å². The van der Waals surface area contributed by atoms with Crippen LogP contribution < -0.4 is 15.1 Å². The molecule has 31 heavy (non-hydrogen) atoms. The SMILES string of the molecule is CNc1ccc(N2C(=O)N(c3ccc(C#N)c(C(F)(F)F)c3)[C@H]3CCCC[C@@H]32)cc1F. The number of alkyl halides is 3. The third kappa shape index (κ3) is 3.56. The third-order valence-corrected chi connectivity index (χ3v) is 5.98. The van der Waals surface area contributed by atoms with Crippen molar-refractivity contribution in [1.82, 2.24) is 0 Å². The first-order valence-corrected chi connectivity index (χ1v) is 9.97. The molecule has 2 fully saturated rings. The second-order valence-electron chi connectivity index (χ2n) is 7.70. The molecular weight excluding hydrogens is 412 g/mol. The molecule has 0 aromatic heterocycles. The van der Waals surface area contributed by atoms with Crippen LogP contribution in [0.4, 0.5) is 39.4 Å². The number of nitrogens with zero attached hydrogens (tertiary/aromatic N) is 3. The van der Waals surface area contributed by atoms with Crippen LogP contribution in [-0.2, 0) is 6.18 Å². The monoisotopic (exact) mass is 432 g/mol. The molecule has 1 aliphatic heterocycles. The number of anilines is 3. The Bertz CT molecular complexity index is 1060. The van der Waals surface area contributed by atoms with Gasteiger partial charge in [0.15, 0.2) is 0 Å². The van der Waals surface area contributed by atoms with Crippen molar-refractivity contribution in [3.05, 3.63) is 53.3 Å². The summed E-state index contributed by atoms with van der Waals surface area (Å²) < 4.78 is 54.8. The maximum atomic E-state index is 14.4. The van der Waals surface area contributed by atoms with Gasteiger partial charge in [-0.1, -0.05) is 12.8 Å². The van der Waals surface area contributed by atoms with Gasteiger partial charge in [0.2, 0.25) is 0 Å². The van der Waals surface area contributed by atoms with Crippen LogP contribution in [0.1, 0.15) is 36.8 Å². The first-order chi connectivity index (χ1) is 14.8. The van der Waals surface area contributed by atoms with Gasteiger partial charge < -0.3 is 5.32 Å². The molecular formula is C22H20F4N4O. The van der Waals surface area contributed by atoms with Gasteiger partial charge in [0, 0.05) is 18.4 Å². The predicted octanol–water partition coefficient (Wildman–Crippen LogP) is 5.52. The zero-order valence-corrected chi connectivity index (χ0v) is 16.7. The third-order valence-electron chi connectivity index (χ3n) is 5.98. The first-order valence-electron chi connectivity index (χ1n) is 9.97. The van der Waals surface area contributed by atoms with Crippen LogP contribution in [0.15, 0.2) is 36.4 Å². The van der Waals surface area contributed by atoms with E-state index in [1.54, 1.807) is 19.2 Å². The number of hydrogen-bond acceptors (Lipinski definition) is 3. The van der Waals surface area contributed by atoms with Crippen molar-refractivity contribution < 1.29 is 22.4 Å². The fourth-order valence-electron chi connectivity index (χ4n) is 4.57. The van der Waals surface area contributed by atoms with E-state index in [0.29, 0.717) is 18.5 Å². The highest BCUT2D eigenvalue weighted by Gasteiger charge is 2.48. The maximum Gasteiger partial charge on any atom is 0.417 e. The smallest absolute Gasteiger partial charge is 0.386 e. The van der Waals surface area contributed by atoms with Crippen molar-refractivity contribution in [2.45, 2.75) is 43.9 Å². The average Bonchev–Trinajstić information content (AvgIpc) is 3.04. The van der Waals surface area contributed by atoms with Gasteiger partial charge in [0.25, 0.3) is 0 Å². The molecule has 1 N–H and O–H groups in total. The Kier molecular flexibility index (Phi) is 5.25. The minimum atomic E-state index is -4.72. The predicted molar refractivity (Wildman–Crippen MR) is 109 cm³/mol. The summed E-state index contributed by atoms with van der Waals surface area (Å²) in [5.41, 5.74) is -0.830. The zero-order chi connectivity index (χ0) is 22.3. The van der Waals surface area contributed by atoms with Gasteiger partial charge in [0.1, 0.15) is 5.82 Å². The number of nitrogens with one attached hydrogen (secondary N) is 1. The minimum Gasteiger partial charge on any atom is -0.386 e. The van der Waals surface area contributed by atoms with Crippen LogP contribution in [0.5, 0.6) is 0 Å². The van der Waals surface area contributed by atoms with Crippen molar-refractivity contribution in [3.8, 4) is 6.07 Å². The van der Waals surface area contributed by atoms with E-state index in [9.17, 15) is 22.4 Å². The number of halogens is 4. The number of fused-ring (bicyclic) bond motifs is 1. The minimum absolute atomic E-state index is 0.0861. The van der Waals surface area contributed by atoms with Crippen LogP contribution in [0.3, 0.4) is 0 Å². The molecule has 1 aliphatic carbocycles. The molecule has 162 valence electrons. The van der Waals surface area contributed by atoms with Gasteiger partial charge in [-0.25, -0.2) is 9.18 Å². The molecule has 2 aromatic carbocycles. The molecule has 2 aliphatic rings. The topological polar surface area (TPSA) is 59.4 Å². The Balaban J connectivity index is 1.78. The number of carbonyl (C=O) groups is 1. The van der Waals surface area contributed by atoms with Crippen molar-refractivity contribution >= 4 is 23.1 Å². The maximum absolute atomic E-state index is 14.4. The fourth-order valence-corrected chi connectivity index (χ4v) is 4.57. The lowest BCUT2D eigenvalue weighted by atomic mass is 9.89. The molecule has 4 rings (SSSR count). The molecule has 0 bridgehead atoms. The van der Waals surface area contributed by atoms with E-state index in [-0.39, 0.29) is 23.5 Å². The lowest BCUT2D eigenvalue weighted by molar-refractivity contribution is -0.137. The molecule has 0 unspecified atom stereocenters. The van der Waals surface area contributed by atoms with Gasteiger partial charge in [-0.2, -0.15) is 18.4 Å². The van der Waals surface area contributed by atoms with E-state index in [4.69, 9.17) is 5.26 Å². The van der Waals surface area contributed by atoms with E-state index >= 15 is 0 Å². The number of urea groups is 1. The summed E-state index contributed by atoms with van der Waals surface area (Å²) >= 11 is 0. The summed E-state index contributed by atoms with van der Waals surface area (Å²) in [4.78, 5) is 16.3. The molecule has 2 amide bonds. The van der Waals surface area contributed by atoms with E-state index < -0.39 is 29.2 Å². The molecule has 2 aromatic rings. The summed E-state index contributed by atoms with van der Waals surface area (Å²) in [7, 11) is 1.58. The highest BCUT2D eigenvalue weighted by atomic mass is 19.4. The summed E-state index contributed by atoms with van der Waals surface area (Å²) in [5, 5.41) is 11.8. The first kappa shape index (κ1) is 21.0. The molecule has 1 saturated heterocycles. The lowest BCUT2D eigenvalue weighted by Gasteiger charge is -2.32. The molecule has 0 radical (unpaired) electrons. The number of hydrogen-bond donors (Lipinski definition) is 1. The second-order valence-corrected chi connectivity index (χ2v) is 7.70. The molecule has 0 spiro atoms. The van der Waals surface area contributed by atoms with E-state index in [1.807, 2.05) is 0 Å². The Hall–Kier alpha value is -3.28. The number of amides is 2. The van der Waals surface area contributed by atoms with Crippen LogP contribution in [0, 0.1) is 17.1 Å². The number of nitriles is 1. The van der Waals surface area contributed by atoms with E-state index in [2.05, 4.69) is 5.32 Å². The largest absolute Gasteiger partial charge is 0.417 e. The Labute approximate surface area is 176 Å². The summed E-state index contributed by atoms with van der Waals surface area (Å²) in [5.74, 6) is -0.517. The molecule has 5 nitrogen and oxygen atoms in total. The quantitative estimate of drug-likeness (QED) is 0.650. The van der Waals surface area contributed by atoms with Gasteiger partial charge in [-0.15, -0.1) is 0 Å². The molecule has 2 atom stereocenters.